The molecule has 170 valence electrons. The van der Waals surface area contributed by atoms with Gasteiger partial charge in [0.05, 0.1) is 11.8 Å². The second kappa shape index (κ2) is 8.51. The summed E-state index contributed by atoms with van der Waals surface area (Å²) in [6, 6.07) is 4.74. The van der Waals surface area contributed by atoms with Gasteiger partial charge in [-0.1, -0.05) is 23.0 Å². The number of hydrogen-bond acceptors (Lipinski definition) is 7. The molecule has 1 aromatic carbocycles. The Morgan fingerprint density at radius 1 is 1.34 bits per heavy atom. The minimum atomic E-state index is -0.701. The number of nitrogens with two attached hydrogens (primary N) is 1. The van der Waals surface area contributed by atoms with E-state index in [1.807, 2.05) is 20.9 Å². The number of aryl methyl sites for hydroxylation is 2. The number of thiazole rings is 1. The maximum absolute atomic E-state index is 14.3. The summed E-state index contributed by atoms with van der Waals surface area (Å²) in [5.41, 5.74) is 7.17. The molecule has 1 aliphatic heterocycles. The topological polar surface area (TPSA) is 109 Å². The molecule has 1 aliphatic rings. The van der Waals surface area contributed by atoms with Crippen molar-refractivity contribution in [3.63, 3.8) is 0 Å². The first-order chi connectivity index (χ1) is 15.1. The Hall–Kier alpha value is -2.98. The number of carbonyl (C=O) groups is 1. The highest BCUT2D eigenvalue weighted by atomic mass is 32.1. The molecule has 3 heterocycles. The lowest BCUT2D eigenvalue weighted by Gasteiger charge is -2.25. The van der Waals surface area contributed by atoms with Crippen LogP contribution in [-0.2, 0) is 7.05 Å². The third kappa shape index (κ3) is 4.46. The van der Waals surface area contributed by atoms with E-state index in [-0.39, 0.29) is 10.7 Å². The standard InChI is InChI=1S/C22H27FN6O2S/c1-13-5-6-15(23)14(11-13)20-27-17(18(24)32-20)19(30)26-16-12-25-28(3)21(16)29-9-4-7-22(2,31)8-10-29/h5-6,11-12,31H,4,7-10,24H2,1-3H3,(H,26,30). The molecule has 0 radical (unpaired) electrons. The number of carbonyl (C=O) groups excluding carboxylic acids is 1. The zero-order valence-corrected chi connectivity index (χ0v) is 19.2. The molecule has 0 spiro atoms. The van der Waals surface area contributed by atoms with Crippen molar-refractivity contribution in [2.75, 3.05) is 29.0 Å². The Morgan fingerprint density at radius 2 is 2.12 bits per heavy atom. The predicted molar refractivity (Wildman–Crippen MR) is 125 cm³/mol. The lowest BCUT2D eigenvalue weighted by Crippen LogP contribution is -2.30. The first-order valence-corrected chi connectivity index (χ1v) is 11.3. The highest BCUT2D eigenvalue weighted by molar-refractivity contribution is 7.19. The van der Waals surface area contributed by atoms with E-state index in [1.54, 1.807) is 23.0 Å². The van der Waals surface area contributed by atoms with Crippen molar-refractivity contribution in [1.29, 1.82) is 0 Å². The van der Waals surface area contributed by atoms with Crippen molar-refractivity contribution in [1.82, 2.24) is 14.8 Å². The van der Waals surface area contributed by atoms with Gasteiger partial charge in [-0.2, -0.15) is 5.10 Å². The molecule has 4 N–H and O–H groups in total. The molecule has 4 rings (SSSR count). The summed E-state index contributed by atoms with van der Waals surface area (Å²) >= 11 is 1.08. The molecular formula is C22H27FN6O2S. The van der Waals surface area contributed by atoms with Gasteiger partial charge in [0, 0.05) is 25.7 Å². The summed E-state index contributed by atoms with van der Waals surface area (Å²) < 4.78 is 16.0. The largest absolute Gasteiger partial charge is 0.390 e. The van der Waals surface area contributed by atoms with E-state index < -0.39 is 17.3 Å². The van der Waals surface area contributed by atoms with E-state index in [1.165, 1.54) is 6.07 Å². The van der Waals surface area contributed by atoms with E-state index in [0.717, 1.165) is 42.1 Å². The van der Waals surface area contributed by atoms with E-state index in [9.17, 15) is 14.3 Å². The fraction of sp³-hybridized carbons (Fsp3) is 0.409. The molecule has 1 fully saturated rings. The second-order valence-corrected chi connectivity index (χ2v) is 9.54. The third-order valence-corrected chi connectivity index (χ3v) is 6.66. The number of aromatic nitrogens is 3. The molecule has 0 saturated carbocycles. The number of anilines is 3. The number of hydrogen-bond donors (Lipinski definition) is 3. The summed E-state index contributed by atoms with van der Waals surface area (Å²) in [4.78, 5) is 19.5. The van der Waals surface area contributed by atoms with Crippen LogP contribution in [0.15, 0.2) is 24.4 Å². The van der Waals surface area contributed by atoms with Gasteiger partial charge >= 0.3 is 0 Å². The summed E-state index contributed by atoms with van der Waals surface area (Å²) in [7, 11) is 1.81. The van der Waals surface area contributed by atoms with Crippen LogP contribution < -0.4 is 16.0 Å². The molecule has 3 aromatic rings. The summed E-state index contributed by atoms with van der Waals surface area (Å²) in [6.07, 6.45) is 3.75. The first kappa shape index (κ1) is 22.2. The number of aliphatic hydroxyl groups is 1. The van der Waals surface area contributed by atoms with Crippen molar-refractivity contribution >= 4 is 33.8 Å². The zero-order chi connectivity index (χ0) is 23.0. The highest BCUT2D eigenvalue weighted by Gasteiger charge is 2.28. The highest BCUT2D eigenvalue weighted by Crippen LogP contribution is 2.34. The van der Waals surface area contributed by atoms with E-state index in [2.05, 4.69) is 20.3 Å². The second-order valence-electron chi connectivity index (χ2n) is 8.51. The van der Waals surface area contributed by atoms with E-state index in [4.69, 9.17) is 5.73 Å². The first-order valence-electron chi connectivity index (χ1n) is 10.5. The van der Waals surface area contributed by atoms with Crippen molar-refractivity contribution in [2.45, 2.75) is 38.7 Å². The molecule has 2 aromatic heterocycles. The zero-order valence-electron chi connectivity index (χ0n) is 18.4. The van der Waals surface area contributed by atoms with Crippen LogP contribution in [0.5, 0.6) is 0 Å². The Morgan fingerprint density at radius 3 is 2.91 bits per heavy atom. The van der Waals surface area contributed by atoms with Gasteiger partial charge in [-0.3, -0.25) is 9.48 Å². The maximum Gasteiger partial charge on any atom is 0.277 e. The molecule has 8 nitrogen and oxygen atoms in total. The van der Waals surface area contributed by atoms with Crippen LogP contribution in [0.1, 0.15) is 42.2 Å². The summed E-state index contributed by atoms with van der Waals surface area (Å²) in [5.74, 6) is -0.133. The SMILES string of the molecule is Cc1ccc(F)c(-c2nc(C(=O)Nc3cnn(C)c3N3CCCC(C)(O)CC3)c(N)s2)c1. The van der Waals surface area contributed by atoms with Crippen LogP contribution in [0, 0.1) is 12.7 Å². The number of halogens is 1. The predicted octanol–water partition coefficient (Wildman–Crippen LogP) is 3.57. The van der Waals surface area contributed by atoms with Crippen LogP contribution in [-0.4, -0.2) is 44.5 Å². The third-order valence-electron chi connectivity index (χ3n) is 5.74. The maximum atomic E-state index is 14.3. The Kier molecular flexibility index (Phi) is 5.91. The fourth-order valence-electron chi connectivity index (χ4n) is 3.96. The summed E-state index contributed by atoms with van der Waals surface area (Å²) in [6.45, 7) is 5.10. The van der Waals surface area contributed by atoms with Gasteiger partial charge in [0.15, 0.2) is 11.5 Å². The number of nitrogens with zero attached hydrogens (tertiary/aromatic N) is 4. The lowest BCUT2D eigenvalue weighted by atomic mass is 9.98. The number of benzene rings is 1. The summed E-state index contributed by atoms with van der Waals surface area (Å²) in [5, 5.41) is 18.1. The quantitative estimate of drug-likeness (QED) is 0.552. The minimum absolute atomic E-state index is 0.0551. The van der Waals surface area contributed by atoms with Gasteiger partial charge in [-0.15, -0.1) is 0 Å². The molecule has 10 heteroatoms. The molecule has 0 bridgehead atoms. The van der Waals surface area contributed by atoms with Crippen molar-refractivity contribution in [2.24, 2.45) is 7.05 Å². The average Bonchev–Trinajstić information content (AvgIpc) is 3.23. The molecular weight excluding hydrogens is 431 g/mol. The van der Waals surface area contributed by atoms with Crippen LogP contribution in [0.2, 0.25) is 0 Å². The molecule has 32 heavy (non-hydrogen) atoms. The normalized spacial score (nSPS) is 19.1. The van der Waals surface area contributed by atoms with Crippen LogP contribution in [0.25, 0.3) is 10.6 Å². The lowest BCUT2D eigenvalue weighted by molar-refractivity contribution is 0.0481. The van der Waals surface area contributed by atoms with E-state index >= 15 is 0 Å². The molecule has 1 saturated heterocycles. The van der Waals surface area contributed by atoms with Gasteiger partial charge < -0.3 is 21.1 Å². The number of nitrogens with one attached hydrogen (secondary N) is 1. The van der Waals surface area contributed by atoms with Crippen LogP contribution >= 0.6 is 11.3 Å². The Labute approximate surface area is 189 Å². The van der Waals surface area contributed by atoms with Gasteiger partial charge in [0.2, 0.25) is 0 Å². The Balaban J connectivity index is 1.58. The number of amides is 1. The number of rotatable bonds is 4. The van der Waals surface area contributed by atoms with Crippen molar-refractivity contribution < 1.29 is 14.3 Å². The van der Waals surface area contributed by atoms with Crippen molar-refractivity contribution in [3.05, 3.63) is 41.5 Å². The van der Waals surface area contributed by atoms with Gasteiger partial charge in [0.1, 0.15) is 21.5 Å². The minimum Gasteiger partial charge on any atom is -0.390 e. The monoisotopic (exact) mass is 458 g/mol. The van der Waals surface area contributed by atoms with Crippen LogP contribution in [0.4, 0.5) is 20.9 Å². The van der Waals surface area contributed by atoms with Crippen LogP contribution in [0.3, 0.4) is 0 Å². The smallest absolute Gasteiger partial charge is 0.277 e. The number of nitrogen functional groups attached to an aromatic ring is 1. The van der Waals surface area contributed by atoms with E-state index in [0.29, 0.717) is 29.2 Å². The Bertz CT molecular complexity index is 1160. The van der Waals surface area contributed by atoms with Crippen molar-refractivity contribution in [3.8, 4) is 10.6 Å². The van der Waals surface area contributed by atoms with Gasteiger partial charge in [-0.25, -0.2) is 9.37 Å². The van der Waals surface area contributed by atoms with Gasteiger partial charge in [0.25, 0.3) is 5.91 Å². The fourth-order valence-corrected chi connectivity index (χ4v) is 4.81. The molecule has 1 atom stereocenters. The molecule has 1 amide bonds. The van der Waals surface area contributed by atoms with Gasteiger partial charge in [-0.05, 0) is 45.2 Å². The molecule has 0 aliphatic carbocycles. The molecule has 1 unspecified atom stereocenters. The average molecular weight is 459 g/mol.